The number of carbonyl (C=O) groups is 3. The molecule has 0 spiro atoms. The van der Waals surface area contributed by atoms with Crippen LogP contribution in [0.4, 0.5) is 45.9 Å². The second kappa shape index (κ2) is 26.8. The fraction of sp³-hybridized carbons (Fsp3) is 0.422. The third kappa shape index (κ3) is 17.1. The van der Waals surface area contributed by atoms with Gasteiger partial charge in [0, 0.05) is 63.7 Å². The van der Waals surface area contributed by atoms with Crippen LogP contribution in [-0.2, 0) is 27.1 Å². The number of anilines is 3. The maximum Gasteiger partial charge on any atom is 0.409 e. The van der Waals surface area contributed by atoms with Gasteiger partial charge < -0.3 is 35.6 Å². The molecule has 0 radical (unpaired) electrons. The predicted octanol–water partition coefficient (Wildman–Crippen LogP) is 7.21. The Labute approximate surface area is 368 Å². The number of hydrogen-bond acceptors (Lipinski definition) is 12. The molecule has 0 atom stereocenters. The van der Waals surface area contributed by atoms with Gasteiger partial charge in [-0.25, -0.2) is 28.0 Å². The van der Waals surface area contributed by atoms with Gasteiger partial charge in [0.25, 0.3) is 0 Å². The molecule has 63 heavy (non-hydrogen) atoms. The van der Waals surface area contributed by atoms with E-state index >= 15 is 0 Å². The molecule has 0 unspecified atom stereocenters. The Morgan fingerprint density at radius 3 is 1.70 bits per heavy atom. The molecule has 4 aromatic rings. The number of hydrogen-bond donors (Lipinski definition) is 3. The molecule has 2 fully saturated rings. The monoisotopic (exact) mass is 874 g/mol. The van der Waals surface area contributed by atoms with Gasteiger partial charge in [0.05, 0.1) is 49.4 Å². The molecular formula is C45H60F2N10O6. The summed E-state index contributed by atoms with van der Waals surface area (Å²) in [6.45, 7) is 11.2. The number of nitrogens with zero attached hydrogens (tertiary/aromatic N) is 7. The van der Waals surface area contributed by atoms with Crippen molar-refractivity contribution in [3.05, 3.63) is 107 Å². The number of piperazine rings is 2. The van der Waals surface area contributed by atoms with Crippen molar-refractivity contribution in [3.8, 4) is 0 Å². The van der Waals surface area contributed by atoms with Gasteiger partial charge in [-0.1, -0.05) is 31.7 Å². The summed E-state index contributed by atoms with van der Waals surface area (Å²) in [6, 6.07) is 16.6. The maximum atomic E-state index is 14.8. The van der Waals surface area contributed by atoms with Crippen LogP contribution < -0.4 is 16.4 Å². The zero-order valence-corrected chi connectivity index (χ0v) is 35.7. The van der Waals surface area contributed by atoms with E-state index < -0.39 is 11.8 Å². The number of amides is 4. The summed E-state index contributed by atoms with van der Waals surface area (Å²) in [5.41, 5.74) is 9.96. The van der Waals surface area contributed by atoms with Crippen LogP contribution in [0.3, 0.4) is 0 Å². The number of carbonyl (C=O) groups excluding carboxylic acids is 4. The Hall–Kier alpha value is -6.49. The third-order valence-electron chi connectivity index (χ3n) is 10.1. The van der Waals surface area contributed by atoms with Crippen LogP contribution in [0.5, 0.6) is 0 Å². The summed E-state index contributed by atoms with van der Waals surface area (Å²) in [4.78, 5) is 64.2. The number of nitrogens with one attached hydrogen (secondary N) is 2. The SMILES string of the molecule is C.COC(=O)N1CCN(CCCc2cccc(N)c2F)CC1.COC(=O)N1CCN(CCCc2cccc(NC(=O)Nc3ccc(C)nc3)c2F)CC1.Cc1ccc(N=C=O)cn1. The minimum absolute atomic E-state index is 0. The molecule has 0 aliphatic carbocycles. The molecule has 2 aromatic heterocycles. The lowest BCUT2D eigenvalue weighted by molar-refractivity contribution is 0.0902. The van der Waals surface area contributed by atoms with Crippen LogP contribution in [0.2, 0.25) is 0 Å². The van der Waals surface area contributed by atoms with Crippen LogP contribution in [-0.4, -0.2) is 134 Å². The minimum Gasteiger partial charge on any atom is -0.453 e. The fourth-order valence-electron chi connectivity index (χ4n) is 6.62. The normalized spacial score (nSPS) is 13.7. The Morgan fingerprint density at radius 2 is 1.22 bits per heavy atom. The molecule has 2 aromatic carbocycles. The second-order valence-corrected chi connectivity index (χ2v) is 14.5. The molecule has 4 N–H and O–H groups in total. The quantitative estimate of drug-likeness (QED) is 0.0785. The number of halogens is 2. The van der Waals surface area contributed by atoms with Crippen LogP contribution in [0.1, 0.15) is 42.8 Å². The molecule has 16 nitrogen and oxygen atoms in total. The zero-order chi connectivity index (χ0) is 44.9. The molecule has 340 valence electrons. The van der Waals surface area contributed by atoms with E-state index in [2.05, 4.69) is 35.4 Å². The van der Waals surface area contributed by atoms with Crippen molar-refractivity contribution in [1.29, 1.82) is 0 Å². The Kier molecular flexibility index (Phi) is 21.6. The van der Waals surface area contributed by atoms with E-state index in [-0.39, 0.29) is 36.8 Å². The zero-order valence-electron chi connectivity index (χ0n) is 35.7. The summed E-state index contributed by atoms with van der Waals surface area (Å²) < 4.78 is 38.0. The number of aryl methyl sites for hydroxylation is 4. The van der Waals surface area contributed by atoms with E-state index in [0.29, 0.717) is 61.5 Å². The van der Waals surface area contributed by atoms with Gasteiger partial charge in [0.1, 0.15) is 11.6 Å². The highest BCUT2D eigenvalue weighted by molar-refractivity contribution is 5.99. The van der Waals surface area contributed by atoms with E-state index in [0.717, 1.165) is 63.5 Å². The van der Waals surface area contributed by atoms with Crippen LogP contribution in [0.15, 0.2) is 78.0 Å². The summed E-state index contributed by atoms with van der Waals surface area (Å²) in [6.07, 6.45) is 6.83. The van der Waals surface area contributed by atoms with Gasteiger partial charge in [0.2, 0.25) is 6.08 Å². The highest BCUT2D eigenvalue weighted by atomic mass is 19.1. The summed E-state index contributed by atoms with van der Waals surface area (Å²) in [5.74, 6) is -0.719. The van der Waals surface area contributed by atoms with Gasteiger partial charge in [-0.05, 0) is 100 Å². The lowest BCUT2D eigenvalue weighted by atomic mass is 10.1. The van der Waals surface area contributed by atoms with E-state index in [4.69, 9.17) is 15.2 Å². The highest BCUT2D eigenvalue weighted by Crippen LogP contribution is 2.21. The first-order valence-electron chi connectivity index (χ1n) is 20.3. The Bertz CT molecular complexity index is 2090. The van der Waals surface area contributed by atoms with Crippen LogP contribution in [0, 0.1) is 25.5 Å². The minimum atomic E-state index is -0.523. The standard InChI is InChI=1S/C22H28FN5O3.C15H22FN3O2.C7H6N2O.CH4/c1-16-8-9-18(15-24-16)25-21(29)26-19-7-3-5-17(20(19)23)6-4-10-27-11-13-28(14-12-27)22(30)31-2;1-21-15(20)19-10-8-18(9-11-19)7-3-5-12-4-2-6-13(17)14(12)16;1-6-2-3-7(4-8-6)9-5-10;/h3,5,7-9,15H,4,6,10-14H2,1-2H3,(H2,25,26,29);2,4,6H,3,5,7-11,17H2,1H3;2-4H,1H3;1H4. The van der Waals surface area contributed by atoms with Crippen molar-refractivity contribution in [1.82, 2.24) is 29.6 Å². The first kappa shape index (κ1) is 50.9. The van der Waals surface area contributed by atoms with Crippen molar-refractivity contribution in [3.63, 3.8) is 0 Å². The molecule has 2 saturated heterocycles. The number of pyridine rings is 2. The topological polar surface area (TPSA) is 188 Å². The summed E-state index contributed by atoms with van der Waals surface area (Å²) in [7, 11) is 2.78. The molecule has 18 heteroatoms. The molecule has 4 amide bonds. The van der Waals surface area contributed by atoms with Gasteiger partial charge in [-0.3, -0.25) is 19.8 Å². The van der Waals surface area contributed by atoms with Gasteiger partial charge in [-0.2, -0.15) is 4.99 Å². The molecule has 2 aliphatic rings. The van der Waals surface area contributed by atoms with E-state index in [1.54, 1.807) is 70.6 Å². The highest BCUT2D eigenvalue weighted by Gasteiger charge is 2.22. The van der Waals surface area contributed by atoms with Crippen molar-refractivity contribution in [2.75, 3.05) is 96.0 Å². The number of ether oxygens (including phenoxy) is 2. The van der Waals surface area contributed by atoms with Crippen molar-refractivity contribution >= 4 is 47.0 Å². The first-order valence-corrected chi connectivity index (χ1v) is 20.3. The number of aliphatic imine (C=N–C) groups is 1. The maximum absolute atomic E-state index is 14.8. The molecule has 0 saturated carbocycles. The second-order valence-electron chi connectivity index (χ2n) is 14.5. The summed E-state index contributed by atoms with van der Waals surface area (Å²) in [5, 5.41) is 5.21. The van der Waals surface area contributed by atoms with Crippen molar-refractivity contribution in [2.45, 2.75) is 47.0 Å². The van der Waals surface area contributed by atoms with Gasteiger partial charge >= 0.3 is 18.2 Å². The van der Waals surface area contributed by atoms with E-state index in [1.807, 2.05) is 13.8 Å². The van der Waals surface area contributed by atoms with Gasteiger partial charge in [0.15, 0.2) is 0 Å². The van der Waals surface area contributed by atoms with Gasteiger partial charge in [-0.15, -0.1) is 0 Å². The largest absolute Gasteiger partial charge is 0.453 e. The van der Waals surface area contributed by atoms with Crippen LogP contribution in [0.25, 0.3) is 0 Å². The number of methoxy groups -OCH3 is 2. The summed E-state index contributed by atoms with van der Waals surface area (Å²) >= 11 is 0. The molecule has 4 heterocycles. The number of nitrogen functional groups attached to an aromatic ring is 1. The number of nitrogens with two attached hydrogens (primary N) is 1. The van der Waals surface area contributed by atoms with Crippen LogP contribution >= 0.6 is 0 Å². The third-order valence-corrected chi connectivity index (χ3v) is 10.1. The molecular weight excluding hydrogens is 815 g/mol. The lowest BCUT2D eigenvalue weighted by Crippen LogP contribution is -2.48. The number of rotatable bonds is 11. The number of isocyanates is 1. The van der Waals surface area contributed by atoms with E-state index in [1.165, 1.54) is 32.6 Å². The number of urea groups is 1. The average molecular weight is 875 g/mol. The van der Waals surface area contributed by atoms with Crippen molar-refractivity contribution < 1.29 is 37.4 Å². The molecule has 2 aliphatic heterocycles. The lowest BCUT2D eigenvalue weighted by Gasteiger charge is -2.33. The molecule has 0 bridgehead atoms. The number of benzene rings is 2. The van der Waals surface area contributed by atoms with Crippen molar-refractivity contribution in [2.24, 2.45) is 4.99 Å². The first-order chi connectivity index (χ1) is 29.9. The van der Waals surface area contributed by atoms with E-state index in [9.17, 15) is 28.0 Å². The fourth-order valence-corrected chi connectivity index (χ4v) is 6.62. The Morgan fingerprint density at radius 1 is 0.714 bits per heavy atom. The average Bonchev–Trinajstić information content (AvgIpc) is 3.28. The predicted molar refractivity (Wildman–Crippen MR) is 240 cm³/mol. The number of aromatic nitrogens is 2. The molecule has 6 rings (SSSR count). The Balaban J connectivity index is 0.000000283. The smallest absolute Gasteiger partial charge is 0.409 e.